The average molecular weight is 280 g/mol. The summed E-state index contributed by atoms with van der Waals surface area (Å²) in [4.78, 5) is 26.2. The van der Waals surface area contributed by atoms with Crippen molar-refractivity contribution < 1.29 is 19.1 Å². The topological polar surface area (TPSA) is 59.1 Å². The molecule has 0 saturated carbocycles. The zero-order chi connectivity index (χ0) is 15.1. The van der Waals surface area contributed by atoms with Crippen LogP contribution >= 0.6 is 0 Å². The van der Waals surface area contributed by atoms with E-state index in [9.17, 15) is 9.59 Å². The highest BCUT2D eigenvalue weighted by molar-refractivity contribution is 6.06. The zero-order valence-electron chi connectivity index (χ0n) is 12.1. The smallest absolute Gasteiger partial charge is 0.335 e. The lowest BCUT2D eigenvalue weighted by atomic mass is 10.3. The Balaban J connectivity index is 3.06. The van der Waals surface area contributed by atoms with Gasteiger partial charge in [-0.1, -0.05) is 18.2 Å². The number of amides is 3. The van der Waals surface area contributed by atoms with Crippen LogP contribution < -0.4 is 4.90 Å². The Labute approximate surface area is 118 Å². The molecule has 0 aliphatic rings. The lowest BCUT2D eigenvalue weighted by Gasteiger charge is -2.34. The van der Waals surface area contributed by atoms with E-state index >= 15 is 0 Å². The van der Waals surface area contributed by atoms with Crippen molar-refractivity contribution in [3.05, 3.63) is 30.3 Å². The van der Waals surface area contributed by atoms with Gasteiger partial charge in [-0.25, -0.2) is 9.69 Å². The van der Waals surface area contributed by atoms with Gasteiger partial charge < -0.3 is 9.47 Å². The summed E-state index contributed by atoms with van der Waals surface area (Å²) in [5.41, 5.74) is 0.490. The molecule has 2 atom stereocenters. The number of benzene rings is 1. The Morgan fingerprint density at radius 1 is 1.10 bits per heavy atom. The number of hydrogen-bond acceptors (Lipinski definition) is 4. The van der Waals surface area contributed by atoms with Crippen molar-refractivity contribution in [2.45, 2.75) is 26.3 Å². The average Bonchev–Trinajstić information content (AvgIpc) is 2.48. The summed E-state index contributed by atoms with van der Waals surface area (Å²) in [5, 5.41) is 0. The SMILES string of the molecule is COC(C)N(C(=O)N(C=O)c1ccccc1)C(C)OC. The molecule has 1 aromatic rings. The highest BCUT2D eigenvalue weighted by atomic mass is 16.5. The lowest BCUT2D eigenvalue weighted by molar-refractivity contribution is -0.108. The molecular formula is C14H20N2O4. The number of anilines is 1. The molecule has 0 heterocycles. The number of urea groups is 1. The van der Waals surface area contributed by atoms with Crippen molar-refractivity contribution in [1.29, 1.82) is 0 Å². The van der Waals surface area contributed by atoms with Crippen LogP contribution in [0.2, 0.25) is 0 Å². The van der Waals surface area contributed by atoms with Crippen LogP contribution in [0.15, 0.2) is 30.3 Å². The normalized spacial score (nSPS) is 13.4. The molecule has 0 spiro atoms. The maximum Gasteiger partial charge on any atom is 0.335 e. The monoisotopic (exact) mass is 280 g/mol. The second kappa shape index (κ2) is 7.62. The highest BCUT2D eigenvalue weighted by Gasteiger charge is 2.30. The number of ether oxygens (including phenoxy) is 2. The Hall–Kier alpha value is -1.92. The molecule has 0 N–H and O–H groups in total. The number of nitrogens with zero attached hydrogens (tertiary/aromatic N) is 2. The Bertz CT molecular complexity index is 428. The highest BCUT2D eigenvalue weighted by Crippen LogP contribution is 2.17. The molecule has 2 unspecified atom stereocenters. The number of carbonyl (C=O) groups excluding carboxylic acids is 2. The van der Waals surface area contributed by atoms with E-state index in [1.54, 1.807) is 38.1 Å². The maximum absolute atomic E-state index is 12.5. The second-order valence-corrected chi connectivity index (χ2v) is 4.17. The number of carbonyl (C=O) groups is 2. The van der Waals surface area contributed by atoms with Gasteiger partial charge in [0.05, 0.1) is 5.69 Å². The molecule has 0 bridgehead atoms. The second-order valence-electron chi connectivity index (χ2n) is 4.17. The van der Waals surface area contributed by atoms with Crippen LogP contribution in [0.1, 0.15) is 13.8 Å². The quantitative estimate of drug-likeness (QED) is 0.591. The maximum atomic E-state index is 12.5. The van der Waals surface area contributed by atoms with E-state index in [0.717, 1.165) is 4.90 Å². The van der Waals surface area contributed by atoms with Crippen molar-refractivity contribution in [1.82, 2.24) is 4.90 Å². The van der Waals surface area contributed by atoms with Gasteiger partial charge in [0.15, 0.2) is 0 Å². The fourth-order valence-corrected chi connectivity index (χ4v) is 1.76. The summed E-state index contributed by atoms with van der Waals surface area (Å²) in [6, 6.07) is 8.17. The molecule has 110 valence electrons. The molecule has 0 aromatic heterocycles. The van der Waals surface area contributed by atoms with E-state index in [1.165, 1.54) is 19.1 Å². The van der Waals surface area contributed by atoms with Gasteiger partial charge in [0.25, 0.3) is 0 Å². The van der Waals surface area contributed by atoms with Crippen molar-refractivity contribution in [3.8, 4) is 0 Å². The predicted molar refractivity (Wildman–Crippen MR) is 75.2 cm³/mol. The van der Waals surface area contributed by atoms with E-state index in [-0.39, 0.29) is 0 Å². The minimum Gasteiger partial charge on any atom is -0.362 e. The minimum atomic E-state index is -0.524. The van der Waals surface area contributed by atoms with Crippen LogP contribution in [0.25, 0.3) is 0 Å². The van der Waals surface area contributed by atoms with Gasteiger partial charge >= 0.3 is 6.03 Å². The standard InChI is InChI=1S/C14H20N2O4/c1-11(19-3)16(12(2)20-4)14(18)15(10-17)13-8-6-5-7-9-13/h5-12H,1-4H3. The molecule has 0 aliphatic heterocycles. The molecule has 6 heteroatoms. The number of imide groups is 1. The molecule has 1 rings (SSSR count). The third kappa shape index (κ3) is 3.55. The van der Waals surface area contributed by atoms with Gasteiger partial charge in [0.1, 0.15) is 12.5 Å². The van der Waals surface area contributed by atoms with E-state index in [1.807, 2.05) is 6.07 Å². The van der Waals surface area contributed by atoms with E-state index in [0.29, 0.717) is 12.1 Å². The van der Waals surface area contributed by atoms with Crippen LogP contribution in [0.5, 0.6) is 0 Å². The lowest BCUT2D eigenvalue weighted by Crippen LogP contribution is -2.52. The summed E-state index contributed by atoms with van der Waals surface area (Å²) in [6.07, 6.45) is -0.567. The Morgan fingerprint density at radius 3 is 2.00 bits per heavy atom. The molecule has 1 aromatic carbocycles. The molecule has 0 saturated heterocycles. The predicted octanol–water partition coefficient (Wildman–Crippen LogP) is 2.06. The minimum absolute atomic E-state index is 0.482. The third-order valence-corrected chi connectivity index (χ3v) is 3.03. The van der Waals surface area contributed by atoms with E-state index in [4.69, 9.17) is 9.47 Å². The zero-order valence-corrected chi connectivity index (χ0v) is 12.1. The van der Waals surface area contributed by atoms with Crippen molar-refractivity contribution in [3.63, 3.8) is 0 Å². The van der Waals surface area contributed by atoms with Crippen LogP contribution in [0, 0.1) is 0 Å². The van der Waals surface area contributed by atoms with Gasteiger partial charge in [0.2, 0.25) is 6.41 Å². The van der Waals surface area contributed by atoms with Crippen LogP contribution in [0.3, 0.4) is 0 Å². The summed E-state index contributed by atoms with van der Waals surface area (Å²) in [7, 11) is 2.97. The Kier molecular flexibility index (Phi) is 6.14. The first-order valence-corrected chi connectivity index (χ1v) is 6.24. The largest absolute Gasteiger partial charge is 0.362 e. The van der Waals surface area contributed by atoms with Crippen LogP contribution in [-0.4, -0.2) is 44.0 Å². The molecule has 6 nitrogen and oxygen atoms in total. The summed E-state index contributed by atoms with van der Waals surface area (Å²) < 4.78 is 10.3. The van der Waals surface area contributed by atoms with Gasteiger partial charge in [-0.3, -0.25) is 9.69 Å². The number of hydrogen-bond donors (Lipinski definition) is 0. The van der Waals surface area contributed by atoms with Crippen LogP contribution in [0.4, 0.5) is 10.5 Å². The molecule has 3 amide bonds. The first kappa shape index (κ1) is 16.1. The van der Waals surface area contributed by atoms with Gasteiger partial charge in [-0.05, 0) is 26.0 Å². The molecule has 0 fully saturated rings. The fraction of sp³-hybridized carbons (Fsp3) is 0.429. The molecular weight excluding hydrogens is 260 g/mol. The fourth-order valence-electron chi connectivity index (χ4n) is 1.76. The third-order valence-electron chi connectivity index (χ3n) is 3.03. The Morgan fingerprint density at radius 2 is 1.60 bits per heavy atom. The number of methoxy groups -OCH3 is 2. The first-order chi connectivity index (χ1) is 9.56. The molecule has 20 heavy (non-hydrogen) atoms. The number of rotatable bonds is 6. The van der Waals surface area contributed by atoms with Crippen LogP contribution in [-0.2, 0) is 14.3 Å². The van der Waals surface area contributed by atoms with Crippen molar-refractivity contribution >= 4 is 18.1 Å². The van der Waals surface area contributed by atoms with Gasteiger partial charge in [0, 0.05) is 14.2 Å². The molecule has 0 radical (unpaired) electrons. The van der Waals surface area contributed by atoms with E-state index in [2.05, 4.69) is 0 Å². The summed E-state index contributed by atoms with van der Waals surface area (Å²) >= 11 is 0. The molecule has 0 aliphatic carbocycles. The van der Waals surface area contributed by atoms with Crippen molar-refractivity contribution in [2.24, 2.45) is 0 Å². The van der Waals surface area contributed by atoms with Crippen molar-refractivity contribution in [2.75, 3.05) is 19.1 Å². The number of para-hydroxylation sites is 1. The van der Waals surface area contributed by atoms with Gasteiger partial charge in [-0.2, -0.15) is 0 Å². The summed E-state index contributed by atoms with van der Waals surface area (Å²) in [5.74, 6) is 0. The van der Waals surface area contributed by atoms with Gasteiger partial charge in [-0.15, -0.1) is 0 Å². The summed E-state index contributed by atoms with van der Waals surface area (Å²) in [6.45, 7) is 3.42. The van der Waals surface area contributed by atoms with E-state index < -0.39 is 18.5 Å². The first-order valence-electron chi connectivity index (χ1n) is 6.24.